The summed E-state index contributed by atoms with van der Waals surface area (Å²) in [5.74, 6) is -0.217. The van der Waals surface area contributed by atoms with Crippen molar-refractivity contribution in [3.8, 4) is 0 Å². The van der Waals surface area contributed by atoms with E-state index in [9.17, 15) is 13.2 Å². The number of allylic oxidation sites excluding steroid dienone is 6. The molecule has 2 atom stereocenters. The van der Waals surface area contributed by atoms with Crippen LogP contribution in [0.5, 0.6) is 0 Å². The number of hydrogen-bond acceptors (Lipinski definition) is 7. The normalized spacial score (nSPS) is 19.5. The molecule has 30 heavy (non-hydrogen) atoms. The first kappa shape index (κ1) is 21.9. The minimum atomic E-state index is -3.22. The molecule has 0 spiro atoms. The van der Waals surface area contributed by atoms with Crippen LogP contribution in [0.1, 0.15) is 19.5 Å². The summed E-state index contributed by atoms with van der Waals surface area (Å²) in [6.07, 6.45) is 13.2. The quantitative estimate of drug-likeness (QED) is 0.663. The Morgan fingerprint density at radius 2 is 2.10 bits per heavy atom. The molecule has 0 bridgehead atoms. The molecule has 0 aromatic carbocycles. The van der Waals surface area contributed by atoms with Gasteiger partial charge in [-0.2, -0.15) is 0 Å². The number of pyridine rings is 1. The Morgan fingerprint density at radius 3 is 2.83 bits per heavy atom. The number of fused-ring (bicyclic) bond motifs is 1. The van der Waals surface area contributed by atoms with Crippen LogP contribution in [0.25, 0.3) is 15.9 Å². The van der Waals surface area contributed by atoms with Crippen LogP contribution in [0, 0.1) is 5.92 Å². The summed E-state index contributed by atoms with van der Waals surface area (Å²) >= 11 is 1.23. The predicted molar refractivity (Wildman–Crippen MR) is 121 cm³/mol. The molecule has 0 fully saturated rings. The average molecular weight is 446 g/mol. The largest absolute Gasteiger partial charge is 0.445 e. The standard InChI is InChI=1S/C21H23N3O4S2/c1-4-5-6-7-13-28-21(25)24-20-23-17-12-11-16(22-19(17)29-20)15-9-8-10-18(14(15)2)30(3,26)27/h4-12,14,18H,13H2,1-3H3,(H,23,24,25). The average Bonchev–Trinajstić information content (AvgIpc) is 3.08. The number of carbonyl (C=O) groups excluding carboxylic acids is 1. The van der Waals surface area contributed by atoms with Gasteiger partial charge in [-0.3, -0.25) is 5.32 Å². The molecule has 2 aromatic rings. The van der Waals surface area contributed by atoms with Gasteiger partial charge >= 0.3 is 6.09 Å². The molecule has 1 aliphatic rings. The van der Waals surface area contributed by atoms with Gasteiger partial charge in [0.15, 0.2) is 15.0 Å². The number of aromatic nitrogens is 2. The summed E-state index contributed by atoms with van der Waals surface area (Å²) in [4.78, 5) is 21.5. The van der Waals surface area contributed by atoms with Crippen LogP contribution in [0.15, 0.2) is 54.7 Å². The van der Waals surface area contributed by atoms with Gasteiger partial charge in [-0.1, -0.05) is 54.7 Å². The summed E-state index contributed by atoms with van der Waals surface area (Å²) in [6, 6.07) is 3.63. The minimum Gasteiger partial charge on any atom is -0.445 e. The molecular weight excluding hydrogens is 422 g/mol. The number of amides is 1. The molecule has 158 valence electrons. The zero-order valence-corrected chi connectivity index (χ0v) is 18.5. The first-order chi connectivity index (χ1) is 14.3. The zero-order valence-electron chi connectivity index (χ0n) is 16.9. The molecule has 1 aliphatic carbocycles. The van der Waals surface area contributed by atoms with Crippen molar-refractivity contribution in [3.05, 3.63) is 60.4 Å². The van der Waals surface area contributed by atoms with Crippen LogP contribution < -0.4 is 5.32 Å². The lowest BCUT2D eigenvalue weighted by atomic mass is 9.90. The molecule has 0 saturated carbocycles. The summed E-state index contributed by atoms with van der Waals surface area (Å²) in [7, 11) is -3.22. The Bertz CT molecular complexity index is 1160. The predicted octanol–water partition coefficient (Wildman–Crippen LogP) is 4.37. The van der Waals surface area contributed by atoms with Gasteiger partial charge in [0.1, 0.15) is 17.0 Å². The van der Waals surface area contributed by atoms with Crippen LogP contribution >= 0.6 is 11.3 Å². The summed E-state index contributed by atoms with van der Waals surface area (Å²) < 4.78 is 29.2. The molecule has 2 unspecified atom stereocenters. The van der Waals surface area contributed by atoms with Crippen molar-refractivity contribution in [2.75, 3.05) is 18.2 Å². The molecule has 0 saturated heterocycles. The van der Waals surface area contributed by atoms with E-state index in [-0.39, 0.29) is 12.5 Å². The van der Waals surface area contributed by atoms with Crippen LogP contribution in [0.3, 0.4) is 0 Å². The fraction of sp³-hybridized carbons (Fsp3) is 0.286. The highest BCUT2D eigenvalue weighted by molar-refractivity contribution is 7.91. The maximum atomic E-state index is 12.1. The van der Waals surface area contributed by atoms with Crippen molar-refractivity contribution in [1.29, 1.82) is 0 Å². The fourth-order valence-electron chi connectivity index (χ4n) is 3.12. The third kappa shape index (κ3) is 5.22. The van der Waals surface area contributed by atoms with Gasteiger partial charge in [0.05, 0.1) is 10.9 Å². The Labute approximate surface area is 179 Å². The monoisotopic (exact) mass is 445 g/mol. The van der Waals surface area contributed by atoms with Gasteiger partial charge in [-0.25, -0.2) is 23.2 Å². The molecule has 0 radical (unpaired) electrons. The van der Waals surface area contributed by atoms with E-state index in [0.29, 0.717) is 21.2 Å². The number of hydrogen-bond donors (Lipinski definition) is 1. The van der Waals surface area contributed by atoms with E-state index in [0.717, 1.165) is 5.57 Å². The van der Waals surface area contributed by atoms with E-state index in [1.807, 2.05) is 44.2 Å². The smallest absolute Gasteiger partial charge is 0.413 e. The molecule has 2 heterocycles. The number of nitrogens with one attached hydrogen (secondary N) is 1. The second-order valence-electron chi connectivity index (χ2n) is 6.81. The molecule has 3 rings (SSSR count). The lowest BCUT2D eigenvalue weighted by molar-refractivity contribution is 0.174. The first-order valence-electron chi connectivity index (χ1n) is 9.36. The van der Waals surface area contributed by atoms with Crippen molar-refractivity contribution in [3.63, 3.8) is 0 Å². The zero-order chi connectivity index (χ0) is 21.7. The molecule has 2 aromatic heterocycles. The van der Waals surface area contributed by atoms with Gasteiger partial charge in [0.25, 0.3) is 0 Å². The Hall–Kier alpha value is -2.78. The third-order valence-electron chi connectivity index (χ3n) is 4.56. The summed E-state index contributed by atoms with van der Waals surface area (Å²) in [5.41, 5.74) is 2.19. The highest BCUT2D eigenvalue weighted by Crippen LogP contribution is 2.34. The fourth-order valence-corrected chi connectivity index (χ4v) is 5.21. The van der Waals surface area contributed by atoms with Crippen LogP contribution in [0.2, 0.25) is 0 Å². The molecule has 7 nitrogen and oxygen atoms in total. The van der Waals surface area contributed by atoms with Crippen LogP contribution in [-0.4, -0.2) is 42.6 Å². The number of anilines is 1. The van der Waals surface area contributed by atoms with Crippen LogP contribution in [0.4, 0.5) is 9.93 Å². The van der Waals surface area contributed by atoms with Crippen molar-refractivity contribution < 1.29 is 17.9 Å². The number of sulfone groups is 1. The van der Waals surface area contributed by atoms with E-state index in [1.54, 1.807) is 24.3 Å². The second kappa shape index (κ2) is 9.36. The van der Waals surface area contributed by atoms with Gasteiger partial charge in [-0.15, -0.1) is 0 Å². The van der Waals surface area contributed by atoms with E-state index < -0.39 is 21.2 Å². The SMILES string of the molecule is CC=CC=CCOC(=O)Nc1nc2ccc(C3=CC=CC(S(C)(=O)=O)C3C)nc2s1. The Morgan fingerprint density at radius 1 is 1.30 bits per heavy atom. The molecule has 9 heteroatoms. The van der Waals surface area contributed by atoms with Gasteiger partial charge < -0.3 is 4.74 Å². The van der Waals surface area contributed by atoms with E-state index >= 15 is 0 Å². The minimum absolute atomic E-state index is 0.157. The number of rotatable bonds is 6. The maximum absolute atomic E-state index is 12.1. The van der Waals surface area contributed by atoms with Crippen LogP contribution in [-0.2, 0) is 14.6 Å². The number of carbonyl (C=O) groups is 1. The lowest BCUT2D eigenvalue weighted by Crippen LogP contribution is -2.28. The van der Waals surface area contributed by atoms with Crippen molar-refractivity contribution >= 4 is 48.3 Å². The van der Waals surface area contributed by atoms with Crippen molar-refractivity contribution in [2.45, 2.75) is 19.1 Å². The van der Waals surface area contributed by atoms with Gasteiger partial charge in [0, 0.05) is 12.2 Å². The topological polar surface area (TPSA) is 98.2 Å². The van der Waals surface area contributed by atoms with Crippen molar-refractivity contribution in [2.24, 2.45) is 5.92 Å². The van der Waals surface area contributed by atoms with E-state index in [2.05, 4.69) is 15.3 Å². The molecule has 0 aliphatic heterocycles. The van der Waals surface area contributed by atoms with E-state index in [4.69, 9.17) is 4.74 Å². The third-order valence-corrected chi connectivity index (χ3v) is 7.00. The van der Waals surface area contributed by atoms with Gasteiger partial charge in [-0.05, 0) is 30.7 Å². The number of ether oxygens (including phenoxy) is 1. The summed E-state index contributed by atoms with van der Waals surface area (Å²) in [5, 5.41) is 2.41. The molecule has 1 N–H and O–H groups in total. The molecular formula is C21H23N3O4S2. The highest BCUT2D eigenvalue weighted by Gasteiger charge is 2.30. The first-order valence-corrected chi connectivity index (χ1v) is 12.1. The Kier molecular flexibility index (Phi) is 6.84. The molecule has 1 amide bonds. The summed E-state index contributed by atoms with van der Waals surface area (Å²) in [6.45, 7) is 3.94. The second-order valence-corrected chi connectivity index (χ2v) is 9.99. The number of nitrogens with zero attached hydrogens (tertiary/aromatic N) is 2. The highest BCUT2D eigenvalue weighted by atomic mass is 32.2. The number of thiazole rings is 1. The van der Waals surface area contributed by atoms with Crippen molar-refractivity contribution in [1.82, 2.24) is 9.97 Å². The lowest BCUT2D eigenvalue weighted by Gasteiger charge is -2.24. The Balaban J connectivity index is 1.74. The van der Waals surface area contributed by atoms with E-state index in [1.165, 1.54) is 17.6 Å². The van der Waals surface area contributed by atoms with Gasteiger partial charge in [0.2, 0.25) is 0 Å². The maximum Gasteiger partial charge on any atom is 0.413 e.